The van der Waals surface area contributed by atoms with E-state index >= 15 is 0 Å². The Morgan fingerprint density at radius 2 is 2.12 bits per heavy atom. The zero-order valence-electron chi connectivity index (χ0n) is 8.08. The maximum Gasteiger partial charge on any atom is 0.356 e. The van der Waals surface area contributed by atoms with Gasteiger partial charge >= 0.3 is 5.97 Å². The zero-order chi connectivity index (χ0) is 11.7. The number of hydrogen-bond donors (Lipinski definition) is 1. The Kier molecular flexibility index (Phi) is 2.35. The Balaban J connectivity index is 2.34. The van der Waals surface area contributed by atoms with Gasteiger partial charge in [-0.15, -0.1) is 0 Å². The summed E-state index contributed by atoms with van der Waals surface area (Å²) in [4.78, 5) is 41.5. The lowest BCUT2D eigenvalue weighted by Gasteiger charge is -2.12. The molecule has 1 aliphatic rings. The Bertz CT molecular complexity index is 485. The second kappa shape index (κ2) is 3.69. The van der Waals surface area contributed by atoms with Gasteiger partial charge in [0.05, 0.1) is 25.4 Å². The number of aromatic nitrogens is 2. The van der Waals surface area contributed by atoms with Gasteiger partial charge in [0, 0.05) is 0 Å². The van der Waals surface area contributed by atoms with Crippen LogP contribution >= 0.6 is 0 Å². The van der Waals surface area contributed by atoms with Crippen molar-refractivity contribution >= 4 is 23.5 Å². The highest BCUT2D eigenvalue weighted by Crippen LogP contribution is 2.16. The molecule has 0 atom stereocenters. The van der Waals surface area contributed by atoms with Crippen molar-refractivity contribution in [1.29, 1.82) is 0 Å². The van der Waals surface area contributed by atoms with Crippen molar-refractivity contribution in [3.63, 3.8) is 0 Å². The predicted molar refractivity (Wildman–Crippen MR) is 51.0 cm³/mol. The van der Waals surface area contributed by atoms with Crippen LogP contribution in [0.4, 0.5) is 5.82 Å². The number of aromatic carboxylic acids is 1. The van der Waals surface area contributed by atoms with E-state index in [-0.39, 0.29) is 36.2 Å². The minimum absolute atomic E-state index is 0.0728. The summed E-state index contributed by atoms with van der Waals surface area (Å²) in [6, 6.07) is 0. The fourth-order valence-electron chi connectivity index (χ4n) is 1.38. The van der Waals surface area contributed by atoms with Gasteiger partial charge < -0.3 is 5.11 Å². The van der Waals surface area contributed by atoms with Crippen LogP contribution in [0.2, 0.25) is 0 Å². The number of amides is 1. The van der Waals surface area contributed by atoms with Crippen molar-refractivity contribution in [3.8, 4) is 0 Å². The molecular formula is C9H7N3O4. The number of nitrogens with zero attached hydrogens (tertiary/aromatic N) is 3. The van der Waals surface area contributed by atoms with E-state index in [2.05, 4.69) is 9.97 Å². The molecule has 0 unspecified atom stereocenters. The maximum absolute atomic E-state index is 11.4. The maximum atomic E-state index is 11.4. The van der Waals surface area contributed by atoms with Gasteiger partial charge in [-0.1, -0.05) is 0 Å². The van der Waals surface area contributed by atoms with Gasteiger partial charge in [-0.05, 0) is 0 Å². The monoisotopic (exact) mass is 221 g/mol. The van der Waals surface area contributed by atoms with Crippen LogP contribution in [0.25, 0.3) is 0 Å². The Hall–Kier alpha value is -2.31. The summed E-state index contributed by atoms with van der Waals surface area (Å²) in [7, 11) is 0. The summed E-state index contributed by atoms with van der Waals surface area (Å²) in [6.45, 7) is -0.0728. The summed E-state index contributed by atoms with van der Waals surface area (Å²) in [5, 5.41) is 8.70. The fourth-order valence-corrected chi connectivity index (χ4v) is 1.38. The molecule has 7 nitrogen and oxygen atoms in total. The Morgan fingerprint density at radius 1 is 1.38 bits per heavy atom. The molecule has 0 aromatic carbocycles. The molecule has 0 bridgehead atoms. The molecule has 0 radical (unpaired) electrons. The molecule has 2 rings (SSSR count). The molecule has 1 N–H and O–H groups in total. The molecule has 7 heteroatoms. The van der Waals surface area contributed by atoms with E-state index in [4.69, 9.17) is 5.11 Å². The van der Waals surface area contributed by atoms with Gasteiger partial charge in [-0.25, -0.2) is 9.78 Å². The SMILES string of the molecule is O=C1CC(=O)N(c2cncc(C(=O)O)n2)C1. The topological polar surface area (TPSA) is 100 Å². The first kappa shape index (κ1) is 10.2. The van der Waals surface area contributed by atoms with Crippen LogP contribution in [0.5, 0.6) is 0 Å². The number of Topliss-reactive ketones (excluding diaryl/α,β-unsaturated/α-hetero) is 1. The number of carbonyl (C=O) groups is 3. The van der Waals surface area contributed by atoms with Gasteiger partial charge in [-0.2, -0.15) is 0 Å². The van der Waals surface area contributed by atoms with Crippen LogP contribution < -0.4 is 4.90 Å². The minimum Gasteiger partial charge on any atom is -0.476 e. The van der Waals surface area contributed by atoms with E-state index in [1.54, 1.807) is 0 Å². The van der Waals surface area contributed by atoms with Crippen molar-refractivity contribution in [1.82, 2.24) is 9.97 Å². The molecular weight excluding hydrogens is 214 g/mol. The molecule has 0 saturated carbocycles. The number of carbonyl (C=O) groups excluding carboxylic acids is 2. The standard InChI is InChI=1S/C9H7N3O4/c13-5-1-8(14)12(4-5)7-3-10-2-6(11-7)9(15)16/h2-3H,1,4H2,(H,15,16). The molecule has 0 aliphatic carbocycles. The first-order valence-electron chi connectivity index (χ1n) is 4.45. The largest absolute Gasteiger partial charge is 0.476 e. The second-order valence-electron chi connectivity index (χ2n) is 3.26. The fraction of sp³-hybridized carbons (Fsp3) is 0.222. The minimum atomic E-state index is -1.23. The molecule has 0 spiro atoms. The van der Waals surface area contributed by atoms with Gasteiger partial charge in [0.15, 0.2) is 17.3 Å². The number of carboxylic acid groups (broad SMARTS) is 1. The summed E-state index contributed by atoms with van der Waals surface area (Å²) >= 11 is 0. The molecule has 2 heterocycles. The molecule has 1 fully saturated rings. The van der Waals surface area contributed by atoms with Crippen LogP contribution in [-0.4, -0.2) is 39.3 Å². The second-order valence-corrected chi connectivity index (χ2v) is 3.26. The summed E-state index contributed by atoms with van der Waals surface area (Å²) in [5.41, 5.74) is -0.260. The molecule has 1 aliphatic heterocycles. The molecule has 82 valence electrons. The predicted octanol–water partition coefficient (Wildman–Crippen LogP) is -0.519. The van der Waals surface area contributed by atoms with Crippen LogP contribution in [0, 0.1) is 0 Å². The Labute approximate surface area is 89.7 Å². The first-order chi connectivity index (χ1) is 7.58. The highest BCUT2D eigenvalue weighted by atomic mass is 16.4. The average Bonchev–Trinajstić information content (AvgIpc) is 2.58. The lowest BCUT2D eigenvalue weighted by molar-refractivity contribution is -0.121. The van der Waals surface area contributed by atoms with E-state index in [0.717, 1.165) is 11.1 Å². The average molecular weight is 221 g/mol. The van der Waals surface area contributed by atoms with Crippen LogP contribution in [0.3, 0.4) is 0 Å². The van der Waals surface area contributed by atoms with Gasteiger partial charge in [0.25, 0.3) is 0 Å². The van der Waals surface area contributed by atoms with E-state index in [0.29, 0.717) is 0 Å². The van der Waals surface area contributed by atoms with Crippen LogP contribution in [0.1, 0.15) is 16.9 Å². The number of anilines is 1. The van der Waals surface area contributed by atoms with Crippen LogP contribution in [-0.2, 0) is 9.59 Å². The summed E-state index contributed by atoms with van der Waals surface area (Å²) in [6.07, 6.45) is 2.16. The normalized spacial score (nSPS) is 15.6. The van der Waals surface area contributed by atoms with Crippen LogP contribution in [0.15, 0.2) is 12.4 Å². The van der Waals surface area contributed by atoms with E-state index in [9.17, 15) is 14.4 Å². The summed E-state index contributed by atoms with van der Waals surface area (Å²) < 4.78 is 0. The third-order valence-corrected chi connectivity index (χ3v) is 2.10. The van der Waals surface area contributed by atoms with Crippen molar-refractivity contribution in [2.24, 2.45) is 0 Å². The van der Waals surface area contributed by atoms with Crippen molar-refractivity contribution in [3.05, 3.63) is 18.1 Å². The number of hydrogen-bond acceptors (Lipinski definition) is 5. The lowest BCUT2D eigenvalue weighted by atomic mass is 10.3. The number of rotatable bonds is 2. The molecule has 1 amide bonds. The Morgan fingerprint density at radius 3 is 2.69 bits per heavy atom. The summed E-state index contributed by atoms with van der Waals surface area (Å²) in [5.74, 6) is -1.74. The van der Waals surface area contributed by atoms with E-state index < -0.39 is 5.97 Å². The zero-order valence-corrected chi connectivity index (χ0v) is 8.08. The van der Waals surface area contributed by atoms with Gasteiger partial charge in [0.2, 0.25) is 5.91 Å². The smallest absolute Gasteiger partial charge is 0.356 e. The number of carboxylic acids is 1. The molecule has 1 aromatic rings. The molecule has 1 saturated heterocycles. The quantitative estimate of drug-likeness (QED) is 0.674. The molecule has 16 heavy (non-hydrogen) atoms. The van der Waals surface area contributed by atoms with Crippen molar-refractivity contribution in [2.75, 3.05) is 11.4 Å². The van der Waals surface area contributed by atoms with Gasteiger partial charge in [-0.3, -0.25) is 19.5 Å². The van der Waals surface area contributed by atoms with Gasteiger partial charge in [0.1, 0.15) is 0 Å². The van der Waals surface area contributed by atoms with E-state index in [1.807, 2.05) is 0 Å². The van der Waals surface area contributed by atoms with E-state index in [1.165, 1.54) is 6.20 Å². The third kappa shape index (κ3) is 1.74. The molecule has 1 aromatic heterocycles. The first-order valence-corrected chi connectivity index (χ1v) is 4.45. The van der Waals surface area contributed by atoms with Crippen molar-refractivity contribution in [2.45, 2.75) is 6.42 Å². The highest BCUT2D eigenvalue weighted by molar-refractivity contribution is 6.14. The van der Waals surface area contributed by atoms with Crippen molar-refractivity contribution < 1.29 is 19.5 Å². The third-order valence-electron chi connectivity index (χ3n) is 2.10. The number of ketones is 1. The lowest BCUT2D eigenvalue weighted by Crippen LogP contribution is -2.26. The highest BCUT2D eigenvalue weighted by Gasteiger charge is 2.29.